The van der Waals surface area contributed by atoms with Crippen LogP contribution in [-0.4, -0.2) is 40.9 Å². The summed E-state index contributed by atoms with van der Waals surface area (Å²) in [4.78, 5) is 17.2. The van der Waals surface area contributed by atoms with Gasteiger partial charge in [-0.15, -0.1) is 11.8 Å². The molecule has 0 aromatic heterocycles. The van der Waals surface area contributed by atoms with Crippen molar-refractivity contribution >= 4 is 23.9 Å². The first-order valence-electron chi connectivity index (χ1n) is 9.72. The Morgan fingerprint density at radius 1 is 1.32 bits per heavy atom. The molecule has 136 valence electrons. The molecule has 0 aromatic rings. The Morgan fingerprint density at radius 3 is 2.80 bits per heavy atom. The Balaban J connectivity index is 1.52. The molecule has 4 nitrogen and oxygen atoms in total. The first-order chi connectivity index (χ1) is 12.1. The minimum Gasteiger partial charge on any atom is -0.336 e. The molecule has 1 amide bonds. The fourth-order valence-corrected chi connectivity index (χ4v) is 6.06. The van der Waals surface area contributed by atoms with E-state index < -0.39 is 0 Å². The predicted molar refractivity (Wildman–Crippen MR) is 104 cm³/mol. The van der Waals surface area contributed by atoms with Gasteiger partial charge in [-0.05, 0) is 55.2 Å². The van der Waals surface area contributed by atoms with Crippen LogP contribution in [0.3, 0.4) is 0 Å². The van der Waals surface area contributed by atoms with Crippen molar-refractivity contribution in [2.45, 2.75) is 63.6 Å². The largest absolute Gasteiger partial charge is 0.336 e. The molecule has 5 atom stereocenters. The van der Waals surface area contributed by atoms with E-state index >= 15 is 0 Å². The molecular weight excluding hydrogens is 330 g/mol. The molecule has 5 unspecified atom stereocenters. The van der Waals surface area contributed by atoms with E-state index in [9.17, 15) is 4.79 Å². The number of amides is 1. The maximum absolute atomic E-state index is 13.5. The highest BCUT2D eigenvalue weighted by Crippen LogP contribution is 2.45. The van der Waals surface area contributed by atoms with Crippen LogP contribution >= 0.6 is 11.8 Å². The number of nitrogens with one attached hydrogen (secondary N) is 1. The highest BCUT2D eigenvalue weighted by atomic mass is 32.2. The van der Waals surface area contributed by atoms with Crippen LogP contribution in [0.15, 0.2) is 22.6 Å². The molecule has 4 aliphatic rings. The lowest BCUT2D eigenvalue weighted by molar-refractivity contribution is -0.139. The van der Waals surface area contributed by atoms with Gasteiger partial charge in [0.2, 0.25) is 5.91 Å². The zero-order chi connectivity index (χ0) is 17.6. The third kappa shape index (κ3) is 3.21. The topological polar surface area (TPSA) is 70.2 Å². The van der Waals surface area contributed by atoms with Gasteiger partial charge < -0.3 is 16.0 Å². The summed E-state index contributed by atoms with van der Waals surface area (Å²) in [5.74, 6) is 1.89. The van der Waals surface area contributed by atoms with Crippen molar-refractivity contribution in [3.8, 4) is 0 Å². The average Bonchev–Trinajstić information content (AvgIpc) is 3.32. The highest BCUT2D eigenvalue weighted by Gasteiger charge is 2.44. The molecule has 3 aliphatic carbocycles. The summed E-state index contributed by atoms with van der Waals surface area (Å²) >= 11 is 1.94. The van der Waals surface area contributed by atoms with E-state index in [1.54, 1.807) is 0 Å². The zero-order valence-electron chi connectivity index (χ0n) is 15.0. The summed E-state index contributed by atoms with van der Waals surface area (Å²) in [6.07, 6.45) is 12.1. The summed E-state index contributed by atoms with van der Waals surface area (Å²) in [5.41, 5.74) is 7.62. The van der Waals surface area contributed by atoms with Gasteiger partial charge in [-0.3, -0.25) is 4.79 Å². The van der Waals surface area contributed by atoms with Crippen LogP contribution in [0, 0.1) is 23.2 Å². The second-order valence-corrected chi connectivity index (χ2v) is 9.24. The molecule has 0 radical (unpaired) electrons. The molecule has 3 N–H and O–H groups in total. The number of hydrogen-bond donors (Lipinski definition) is 2. The molecule has 25 heavy (non-hydrogen) atoms. The van der Waals surface area contributed by atoms with E-state index in [4.69, 9.17) is 11.1 Å². The molecule has 1 aliphatic heterocycles. The second kappa shape index (κ2) is 6.92. The molecule has 0 saturated heterocycles. The standard InChI is InChI=1S/C20H29N3OS/c1-12-17(6-2-13-8-9-25-19(12)13)20(24)23(15-3-4-15)16-5-7-18(22)14(10-16)11-21/h2,6,11-12,14-18,21H,3-5,7-10,22H2,1H3. The van der Waals surface area contributed by atoms with Crippen molar-refractivity contribution in [3.63, 3.8) is 0 Å². The van der Waals surface area contributed by atoms with E-state index in [1.165, 1.54) is 16.7 Å². The molecule has 5 heteroatoms. The van der Waals surface area contributed by atoms with Crippen LogP contribution in [-0.2, 0) is 4.79 Å². The summed E-state index contributed by atoms with van der Waals surface area (Å²) < 4.78 is 0. The average molecular weight is 360 g/mol. The maximum Gasteiger partial charge on any atom is 0.230 e. The Morgan fingerprint density at radius 2 is 2.08 bits per heavy atom. The lowest BCUT2D eigenvalue weighted by Crippen LogP contribution is -2.51. The van der Waals surface area contributed by atoms with Crippen molar-refractivity contribution in [2.24, 2.45) is 23.5 Å². The molecule has 0 bridgehead atoms. The van der Waals surface area contributed by atoms with Gasteiger partial charge in [0.25, 0.3) is 0 Å². The number of thioether (sulfide) groups is 1. The smallest absolute Gasteiger partial charge is 0.230 e. The molecule has 2 fully saturated rings. The fraction of sp³-hybridized carbons (Fsp3) is 0.700. The third-order valence-corrected chi connectivity index (χ3v) is 7.77. The van der Waals surface area contributed by atoms with Crippen LogP contribution in [0.4, 0.5) is 0 Å². The number of hydrogen-bond acceptors (Lipinski definition) is 4. The monoisotopic (exact) mass is 359 g/mol. The number of rotatable bonds is 4. The van der Waals surface area contributed by atoms with Crippen molar-refractivity contribution in [2.75, 3.05) is 5.75 Å². The number of nitrogens with two attached hydrogens (primary N) is 1. The van der Waals surface area contributed by atoms with Crippen molar-refractivity contribution in [1.82, 2.24) is 4.90 Å². The van der Waals surface area contributed by atoms with Gasteiger partial charge in [0.05, 0.1) is 5.92 Å². The SMILES string of the molecule is CC1C2=C(C=CC1C(=O)N(C1CC1)C1CCC(N)C(C=N)C1)CCS2. The number of carbonyl (C=O) groups is 1. The van der Waals surface area contributed by atoms with Gasteiger partial charge in [-0.25, -0.2) is 0 Å². The molecule has 2 saturated carbocycles. The van der Waals surface area contributed by atoms with Crippen molar-refractivity contribution in [1.29, 1.82) is 5.41 Å². The van der Waals surface area contributed by atoms with Gasteiger partial charge in [-0.1, -0.05) is 19.1 Å². The lowest BCUT2D eigenvalue weighted by atomic mass is 9.80. The molecule has 4 rings (SSSR count). The highest BCUT2D eigenvalue weighted by molar-refractivity contribution is 8.03. The van der Waals surface area contributed by atoms with Crippen molar-refractivity contribution in [3.05, 3.63) is 22.6 Å². The Kier molecular flexibility index (Phi) is 4.80. The van der Waals surface area contributed by atoms with E-state index in [1.807, 2.05) is 11.8 Å². The quantitative estimate of drug-likeness (QED) is 0.756. The molecule has 0 aromatic carbocycles. The first kappa shape index (κ1) is 17.3. The first-order valence-corrected chi connectivity index (χ1v) is 10.7. The van der Waals surface area contributed by atoms with E-state index in [-0.39, 0.29) is 23.9 Å². The number of nitrogens with zero attached hydrogens (tertiary/aromatic N) is 1. The van der Waals surface area contributed by atoms with Gasteiger partial charge in [0.1, 0.15) is 0 Å². The Hall–Kier alpha value is -1.07. The summed E-state index contributed by atoms with van der Waals surface area (Å²) in [6, 6.07) is 0.769. The summed E-state index contributed by atoms with van der Waals surface area (Å²) in [5, 5.41) is 7.67. The Bertz CT molecular complexity index is 624. The van der Waals surface area contributed by atoms with Crippen LogP contribution in [0.2, 0.25) is 0 Å². The van der Waals surface area contributed by atoms with Crippen LogP contribution in [0.1, 0.15) is 45.4 Å². The molecule has 0 spiro atoms. The van der Waals surface area contributed by atoms with E-state index in [2.05, 4.69) is 24.0 Å². The van der Waals surface area contributed by atoms with Crippen LogP contribution in [0.25, 0.3) is 0 Å². The number of carbonyl (C=O) groups excluding carboxylic acids is 1. The molecule has 1 heterocycles. The van der Waals surface area contributed by atoms with E-state index in [0.717, 1.165) is 44.3 Å². The minimum atomic E-state index is -0.0148. The fourth-order valence-electron chi connectivity index (χ4n) is 4.75. The Labute approximate surface area is 154 Å². The maximum atomic E-state index is 13.5. The minimum absolute atomic E-state index is 0.0148. The van der Waals surface area contributed by atoms with Gasteiger partial charge in [0.15, 0.2) is 0 Å². The number of allylic oxidation sites excluding steroid dienone is 3. The van der Waals surface area contributed by atoms with Gasteiger partial charge in [0, 0.05) is 35.7 Å². The van der Waals surface area contributed by atoms with Gasteiger partial charge in [-0.2, -0.15) is 0 Å². The molecular formula is C20H29N3OS. The lowest BCUT2D eigenvalue weighted by Gasteiger charge is -2.41. The van der Waals surface area contributed by atoms with Crippen LogP contribution in [0.5, 0.6) is 0 Å². The van der Waals surface area contributed by atoms with Crippen LogP contribution < -0.4 is 5.73 Å². The van der Waals surface area contributed by atoms with Gasteiger partial charge >= 0.3 is 0 Å². The zero-order valence-corrected chi connectivity index (χ0v) is 15.8. The van der Waals surface area contributed by atoms with Crippen molar-refractivity contribution < 1.29 is 4.79 Å². The summed E-state index contributed by atoms with van der Waals surface area (Å²) in [7, 11) is 0. The normalized spacial score (nSPS) is 37.8. The van der Waals surface area contributed by atoms with E-state index in [0.29, 0.717) is 17.9 Å². The third-order valence-electron chi connectivity index (χ3n) is 6.42. The predicted octanol–water partition coefficient (Wildman–Crippen LogP) is 3.34. The second-order valence-electron chi connectivity index (χ2n) is 8.10. The summed E-state index contributed by atoms with van der Waals surface area (Å²) in [6.45, 7) is 2.22.